The van der Waals surface area contributed by atoms with Crippen molar-refractivity contribution in [3.63, 3.8) is 0 Å². The monoisotopic (exact) mass is 551 g/mol. The van der Waals surface area contributed by atoms with E-state index in [0.29, 0.717) is 25.1 Å². The van der Waals surface area contributed by atoms with Gasteiger partial charge in [-0.15, -0.1) is 0 Å². The summed E-state index contributed by atoms with van der Waals surface area (Å²) in [6.45, 7) is 2.63. The predicted octanol–water partition coefficient (Wildman–Crippen LogP) is 7.82. The number of ether oxygens (including phenoxy) is 2. The van der Waals surface area contributed by atoms with E-state index in [-0.39, 0.29) is 23.7 Å². The molecule has 2 aromatic carbocycles. The van der Waals surface area contributed by atoms with E-state index in [1.807, 2.05) is 30.3 Å². The summed E-state index contributed by atoms with van der Waals surface area (Å²) in [6.07, 6.45) is 17.9. The summed E-state index contributed by atoms with van der Waals surface area (Å²) < 4.78 is 10.9. The van der Waals surface area contributed by atoms with E-state index >= 15 is 0 Å². The van der Waals surface area contributed by atoms with E-state index in [1.165, 1.54) is 26.4 Å². The molecule has 0 saturated heterocycles. The lowest BCUT2D eigenvalue weighted by Crippen LogP contribution is -2.22. The Morgan fingerprint density at radius 1 is 0.900 bits per heavy atom. The molecule has 0 spiro atoms. The molecule has 0 aliphatic heterocycles. The third-order valence-corrected chi connectivity index (χ3v) is 6.94. The predicted molar refractivity (Wildman–Crippen MR) is 161 cm³/mol. The zero-order valence-electron chi connectivity index (χ0n) is 24.5. The van der Waals surface area contributed by atoms with Crippen LogP contribution in [0.4, 0.5) is 0 Å². The van der Waals surface area contributed by atoms with Crippen molar-refractivity contribution in [3.05, 3.63) is 71.8 Å². The van der Waals surface area contributed by atoms with E-state index in [4.69, 9.17) is 9.47 Å². The average molecular weight is 552 g/mol. The molecule has 6 nitrogen and oxygen atoms in total. The number of hydrogen-bond donors (Lipinski definition) is 2. The topological polar surface area (TPSA) is 84.9 Å². The molecule has 0 fully saturated rings. The van der Waals surface area contributed by atoms with Gasteiger partial charge in [0.05, 0.1) is 13.5 Å². The van der Waals surface area contributed by atoms with Crippen molar-refractivity contribution in [2.45, 2.75) is 109 Å². The van der Waals surface area contributed by atoms with E-state index in [2.05, 4.69) is 24.4 Å². The van der Waals surface area contributed by atoms with Crippen LogP contribution >= 0.6 is 0 Å². The summed E-state index contributed by atoms with van der Waals surface area (Å²) in [4.78, 5) is 24.6. The number of carbonyl (C=O) groups is 2. The third-order valence-electron chi connectivity index (χ3n) is 6.94. The molecular weight excluding hydrogens is 502 g/mol. The molecule has 1 unspecified atom stereocenters. The summed E-state index contributed by atoms with van der Waals surface area (Å²) >= 11 is 0. The van der Waals surface area contributed by atoms with Crippen LogP contribution in [0.25, 0.3) is 0 Å². The number of carbonyl (C=O) groups excluding carboxylic acids is 2. The minimum atomic E-state index is -0.144. The summed E-state index contributed by atoms with van der Waals surface area (Å²) in [7, 11) is 1.51. The van der Waals surface area contributed by atoms with Gasteiger partial charge in [-0.2, -0.15) is 0 Å². The van der Waals surface area contributed by atoms with Crippen molar-refractivity contribution < 1.29 is 24.2 Å². The molecular formula is C34H49NO5. The third kappa shape index (κ3) is 14.8. The Bertz CT molecular complexity index is 1000. The fourth-order valence-corrected chi connectivity index (χ4v) is 4.58. The van der Waals surface area contributed by atoms with E-state index in [9.17, 15) is 14.7 Å². The number of phenols is 1. The molecule has 2 rings (SSSR count). The number of methoxy groups -OCH3 is 1. The van der Waals surface area contributed by atoms with Gasteiger partial charge in [0, 0.05) is 19.4 Å². The fraction of sp³-hybridized carbons (Fsp3) is 0.529. The normalized spacial score (nSPS) is 11.8. The molecule has 0 heterocycles. The molecule has 0 radical (unpaired) electrons. The van der Waals surface area contributed by atoms with Crippen molar-refractivity contribution in [3.8, 4) is 11.5 Å². The van der Waals surface area contributed by atoms with Gasteiger partial charge in [0.2, 0.25) is 5.91 Å². The zero-order chi connectivity index (χ0) is 28.8. The molecule has 0 bridgehead atoms. The van der Waals surface area contributed by atoms with E-state index < -0.39 is 0 Å². The molecule has 1 amide bonds. The van der Waals surface area contributed by atoms with Gasteiger partial charge in [-0.1, -0.05) is 94.0 Å². The second-order valence-electron chi connectivity index (χ2n) is 10.4. The fourth-order valence-electron chi connectivity index (χ4n) is 4.58. The lowest BCUT2D eigenvalue weighted by molar-refractivity contribution is -0.148. The molecule has 220 valence electrons. The summed E-state index contributed by atoms with van der Waals surface area (Å²) in [6, 6.07) is 14.9. The van der Waals surface area contributed by atoms with Gasteiger partial charge in [-0.05, 0) is 55.4 Å². The Morgan fingerprint density at radius 3 is 2.42 bits per heavy atom. The number of phenolic OH excluding ortho intramolecular Hbond substituents is 1. The summed E-state index contributed by atoms with van der Waals surface area (Å²) in [5.41, 5.74) is 1.88. The second-order valence-corrected chi connectivity index (χ2v) is 10.4. The highest BCUT2D eigenvalue weighted by Crippen LogP contribution is 2.26. The van der Waals surface area contributed by atoms with Gasteiger partial charge >= 0.3 is 5.97 Å². The zero-order valence-corrected chi connectivity index (χ0v) is 24.5. The van der Waals surface area contributed by atoms with Crippen molar-refractivity contribution in [1.82, 2.24) is 5.32 Å². The summed E-state index contributed by atoms with van der Waals surface area (Å²) in [5, 5.41) is 12.6. The maximum Gasteiger partial charge on any atom is 0.310 e. The number of rotatable bonds is 21. The van der Waals surface area contributed by atoms with Crippen molar-refractivity contribution in [2.75, 3.05) is 7.11 Å². The Kier molecular flexibility index (Phi) is 17.0. The number of esters is 1. The molecule has 0 aliphatic rings. The molecule has 6 heteroatoms. The Hall–Kier alpha value is -3.28. The maximum absolute atomic E-state index is 12.5. The lowest BCUT2D eigenvalue weighted by atomic mass is 10.1. The van der Waals surface area contributed by atoms with Crippen molar-refractivity contribution >= 4 is 11.9 Å². The highest BCUT2D eigenvalue weighted by Gasteiger charge is 2.13. The first-order valence-electron chi connectivity index (χ1n) is 15.0. The van der Waals surface area contributed by atoms with Gasteiger partial charge in [0.15, 0.2) is 11.5 Å². The highest BCUT2D eigenvalue weighted by molar-refractivity contribution is 5.75. The molecule has 0 saturated carbocycles. The maximum atomic E-state index is 12.5. The smallest absolute Gasteiger partial charge is 0.310 e. The Balaban J connectivity index is 1.56. The van der Waals surface area contributed by atoms with Crippen LogP contribution in [0.1, 0.15) is 102 Å². The van der Waals surface area contributed by atoms with Crippen LogP contribution in [-0.4, -0.2) is 30.2 Å². The first kappa shape index (κ1) is 32.9. The molecule has 2 N–H and O–H groups in total. The van der Waals surface area contributed by atoms with Crippen LogP contribution in [-0.2, 0) is 27.3 Å². The van der Waals surface area contributed by atoms with Crippen LogP contribution in [0, 0.1) is 0 Å². The highest BCUT2D eigenvalue weighted by atomic mass is 16.5. The molecule has 0 aromatic heterocycles. The number of aromatic hydroxyl groups is 1. The molecule has 2 aromatic rings. The Labute approximate surface area is 241 Å². The van der Waals surface area contributed by atoms with Gasteiger partial charge in [0.25, 0.3) is 0 Å². The minimum Gasteiger partial charge on any atom is -0.504 e. The summed E-state index contributed by atoms with van der Waals surface area (Å²) in [5.74, 6) is 0.402. The van der Waals surface area contributed by atoms with Gasteiger partial charge in [0.1, 0.15) is 6.10 Å². The first-order valence-corrected chi connectivity index (χ1v) is 15.0. The second kappa shape index (κ2) is 20.6. The lowest BCUT2D eigenvalue weighted by Gasteiger charge is -2.16. The van der Waals surface area contributed by atoms with Crippen LogP contribution in [0.2, 0.25) is 0 Å². The number of hydrogen-bond acceptors (Lipinski definition) is 5. The number of benzene rings is 2. The van der Waals surface area contributed by atoms with Crippen LogP contribution in [0.5, 0.6) is 11.5 Å². The largest absolute Gasteiger partial charge is 0.504 e. The number of allylic oxidation sites excluding steroid dienone is 1. The van der Waals surface area contributed by atoms with Crippen molar-refractivity contribution in [1.29, 1.82) is 0 Å². The standard InChI is InChI=1S/C34H49NO5/c1-3-4-5-15-20-30(40-34(38)26-28-18-13-12-14-19-28)21-16-10-8-6-7-9-11-17-22-33(37)35-27-29-23-24-31(36)32(25-29)39-2/h10,12-14,16,18-19,23-25,30,36H,3-9,11,15,17,20-22,26-27H2,1-2H3,(H,35,37). The number of unbranched alkanes of at least 4 members (excludes halogenated alkanes) is 8. The van der Waals surface area contributed by atoms with Crippen LogP contribution in [0.15, 0.2) is 60.7 Å². The quantitative estimate of drug-likeness (QED) is 0.0938. The number of amides is 1. The average Bonchev–Trinajstić information content (AvgIpc) is 2.96. The minimum absolute atomic E-state index is 0.0451. The van der Waals surface area contributed by atoms with E-state index in [0.717, 1.165) is 68.9 Å². The Morgan fingerprint density at radius 2 is 1.65 bits per heavy atom. The SMILES string of the molecule is CCCCCCC(CC=CCCCCCCCC(=O)NCc1ccc(O)c(OC)c1)OC(=O)Cc1ccccc1. The van der Waals surface area contributed by atoms with Crippen LogP contribution in [0.3, 0.4) is 0 Å². The van der Waals surface area contributed by atoms with Gasteiger partial charge in [-0.25, -0.2) is 0 Å². The number of nitrogens with one attached hydrogen (secondary N) is 1. The first-order chi connectivity index (χ1) is 19.5. The van der Waals surface area contributed by atoms with Gasteiger partial charge in [-0.3, -0.25) is 9.59 Å². The molecule has 40 heavy (non-hydrogen) atoms. The van der Waals surface area contributed by atoms with E-state index in [1.54, 1.807) is 18.2 Å². The molecule has 1 atom stereocenters. The van der Waals surface area contributed by atoms with Crippen molar-refractivity contribution in [2.24, 2.45) is 0 Å². The molecule has 0 aliphatic carbocycles. The van der Waals surface area contributed by atoms with Crippen LogP contribution < -0.4 is 10.1 Å². The van der Waals surface area contributed by atoms with Gasteiger partial charge < -0.3 is 19.9 Å².